The van der Waals surface area contributed by atoms with Crippen molar-refractivity contribution in [3.63, 3.8) is 0 Å². The van der Waals surface area contributed by atoms with Gasteiger partial charge in [0, 0.05) is 30.1 Å². The summed E-state index contributed by atoms with van der Waals surface area (Å²) >= 11 is 6.33. The van der Waals surface area contributed by atoms with Crippen molar-refractivity contribution >= 4 is 17.5 Å². The molecule has 1 aliphatic rings. The first-order valence-electron chi connectivity index (χ1n) is 11.3. The Bertz CT molecular complexity index is 1150. The molecule has 0 N–H and O–H groups in total. The minimum atomic E-state index is -0.0304. The number of rotatable bonds is 7. The van der Waals surface area contributed by atoms with Crippen LogP contribution in [0.3, 0.4) is 0 Å². The van der Waals surface area contributed by atoms with Gasteiger partial charge in [0.15, 0.2) is 0 Å². The summed E-state index contributed by atoms with van der Waals surface area (Å²) in [6.45, 7) is 3.87. The van der Waals surface area contributed by atoms with Crippen LogP contribution in [0.2, 0.25) is 5.02 Å². The van der Waals surface area contributed by atoms with Crippen LogP contribution in [0.1, 0.15) is 35.7 Å². The van der Waals surface area contributed by atoms with Crippen molar-refractivity contribution in [2.75, 3.05) is 13.2 Å². The molecule has 33 heavy (non-hydrogen) atoms. The molecule has 1 fully saturated rings. The zero-order valence-corrected chi connectivity index (χ0v) is 19.6. The van der Waals surface area contributed by atoms with Gasteiger partial charge >= 0.3 is 0 Å². The summed E-state index contributed by atoms with van der Waals surface area (Å²) < 4.78 is 5.77. The zero-order valence-electron chi connectivity index (χ0n) is 18.8. The average Bonchev–Trinajstić information content (AvgIpc) is 3.31. The van der Waals surface area contributed by atoms with Crippen LogP contribution in [0.25, 0.3) is 11.1 Å². The number of hydrogen-bond donors (Lipinski definition) is 0. The predicted molar refractivity (Wildman–Crippen MR) is 135 cm³/mol. The van der Waals surface area contributed by atoms with Crippen LogP contribution in [0.15, 0.2) is 102 Å². The van der Waals surface area contributed by atoms with Gasteiger partial charge in [-0.2, -0.15) is 0 Å². The number of hydrogen-bond acceptors (Lipinski definition) is 2. The average molecular weight is 458 g/mol. The van der Waals surface area contributed by atoms with E-state index in [1.807, 2.05) is 84.6 Å². The van der Waals surface area contributed by atoms with E-state index in [1.165, 1.54) is 5.57 Å². The van der Waals surface area contributed by atoms with E-state index in [9.17, 15) is 4.79 Å². The van der Waals surface area contributed by atoms with E-state index in [0.717, 1.165) is 35.5 Å². The van der Waals surface area contributed by atoms with E-state index in [1.54, 1.807) is 6.07 Å². The van der Waals surface area contributed by atoms with Crippen molar-refractivity contribution in [3.05, 3.63) is 118 Å². The van der Waals surface area contributed by atoms with Gasteiger partial charge in [-0.05, 0) is 53.8 Å². The molecule has 0 bridgehead atoms. The van der Waals surface area contributed by atoms with Crippen LogP contribution < -0.4 is 0 Å². The molecule has 3 aromatic carbocycles. The van der Waals surface area contributed by atoms with Gasteiger partial charge in [-0.3, -0.25) is 4.79 Å². The van der Waals surface area contributed by atoms with Gasteiger partial charge in [0.05, 0.1) is 6.61 Å². The Morgan fingerprint density at radius 1 is 1.03 bits per heavy atom. The molecule has 0 spiro atoms. The molecular weight excluding hydrogens is 430 g/mol. The van der Waals surface area contributed by atoms with Gasteiger partial charge in [0.2, 0.25) is 0 Å². The van der Waals surface area contributed by atoms with Crippen molar-refractivity contribution in [3.8, 4) is 11.1 Å². The molecule has 1 aliphatic heterocycles. The first-order valence-corrected chi connectivity index (χ1v) is 11.7. The molecule has 0 aliphatic carbocycles. The Morgan fingerprint density at radius 2 is 1.76 bits per heavy atom. The molecule has 0 aromatic heterocycles. The van der Waals surface area contributed by atoms with Crippen molar-refractivity contribution in [1.29, 1.82) is 0 Å². The maximum Gasteiger partial charge on any atom is 0.254 e. The van der Waals surface area contributed by atoms with Crippen LogP contribution in [0, 0.1) is 0 Å². The van der Waals surface area contributed by atoms with Crippen LogP contribution in [0.5, 0.6) is 0 Å². The molecule has 4 heteroatoms. The largest absolute Gasteiger partial charge is 0.493 e. The van der Waals surface area contributed by atoms with Crippen molar-refractivity contribution < 1.29 is 9.53 Å². The van der Waals surface area contributed by atoms with Gasteiger partial charge in [-0.1, -0.05) is 84.4 Å². The molecule has 3 nitrogen and oxygen atoms in total. The number of allylic oxidation sites excluding steroid dienone is 2. The van der Waals surface area contributed by atoms with Crippen LogP contribution in [-0.2, 0) is 11.3 Å². The normalized spacial score (nSPS) is 15.6. The number of ether oxygens (including phenoxy) is 1. The zero-order chi connectivity index (χ0) is 23.0. The second-order valence-corrected chi connectivity index (χ2v) is 8.47. The number of amides is 1. The number of nitrogens with zero attached hydrogens (tertiary/aromatic N) is 1. The first kappa shape index (κ1) is 22.9. The molecule has 3 aromatic rings. The third kappa shape index (κ3) is 5.74. The highest BCUT2D eigenvalue weighted by Crippen LogP contribution is 2.29. The van der Waals surface area contributed by atoms with Crippen LogP contribution in [-0.4, -0.2) is 24.0 Å². The molecule has 0 atom stereocenters. The third-order valence-corrected chi connectivity index (χ3v) is 6.06. The van der Waals surface area contributed by atoms with Crippen molar-refractivity contribution in [1.82, 2.24) is 4.90 Å². The van der Waals surface area contributed by atoms with Gasteiger partial charge < -0.3 is 9.64 Å². The SMILES string of the molecule is C/C=C1/CCO/C1=C/CCN(Cc1ccccc1)C(=O)c1cc(Cl)ccc1-c1ccccc1. The fourth-order valence-corrected chi connectivity index (χ4v) is 4.28. The Kier molecular flexibility index (Phi) is 7.64. The maximum atomic E-state index is 13.8. The minimum Gasteiger partial charge on any atom is -0.493 e. The Morgan fingerprint density at radius 3 is 2.48 bits per heavy atom. The molecular formula is C29H28ClNO2. The number of carbonyl (C=O) groups is 1. The Hall–Kier alpha value is -3.30. The summed E-state index contributed by atoms with van der Waals surface area (Å²) in [6.07, 6.45) is 5.86. The van der Waals surface area contributed by atoms with Crippen molar-refractivity contribution in [2.45, 2.75) is 26.3 Å². The highest BCUT2D eigenvalue weighted by Gasteiger charge is 2.21. The summed E-state index contributed by atoms with van der Waals surface area (Å²) in [7, 11) is 0. The van der Waals surface area contributed by atoms with Crippen LogP contribution >= 0.6 is 11.6 Å². The number of benzene rings is 3. The third-order valence-electron chi connectivity index (χ3n) is 5.82. The van der Waals surface area contributed by atoms with E-state index in [-0.39, 0.29) is 5.91 Å². The Balaban J connectivity index is 1.63. The molecule has 0 unspecified atom stereocenters. The minimum absolute atomic E-state index is 0.0304. The molecule has 1 heterocycles. The lowest BCUT2D eigenvalue weighted by Gasteiger charge is -2.24. The monoisotopic (exact) mass is 457 g/mol. The van der Waals surface area contributed by atoms with Gasteiger partial charge in [-0.25, -0.2) is 0 Å². The topological polar surface area (TPSA) is 29.5 Å². The molecule has 168 valence electrons. The second kappa shape index (κ2) is 11.0. The molecule has 4 rings (SSSR count). The van der Waals surface area contributed by atoms with E-state index >= 15 is 0 Å². The molecule has 1 amide bonds. The lowest BCUT2D eigenvalue weighted by atomic mass is 9.98. The first-order chi connectivity index (χ1) is 16.2. The molecule has 0 radical (unpaired) electrons. The smallest absolute Gasteiger partial charge is 0.254 e. The van der Waals surface area contributed by atoms with E-state index in [4.69, 9.17) is 16.3 Å². The van der Waals surface area contributed by atoms with E-state index in [0.29, 0.717) is 30.1 Å². The second-order valence-electron chi connectivity index (χ2n) is 8.04. The number of carbonyl (C=O) groups excluding carboxylic acids is 1. The van der Waals surface area contributed by atoms with Gasteiger partial charge in [-0.15, -0.1) is 0 Å². The summed E-state index contributed by atoms with van der Waals surface area (Å²) in [6, 6.07) is 25.6. The van der Waals surface area contributed by atoms with E-state index in [2.05, 4.69) is 12.2 Å². The summed E-state index contributed by atoms with van der Waals surface area (Å²) in [5.41, 5.74) is 4.82. The van der Waals surface area contributed by atoms with Crippen molar-refractivity contribution in [2.24, 2.45) is 0 Å². The highest BCUT2D eigenvalue weighted by molar-refractivity contribution is 6.31. The quantitative estimate of drug-likeness (QED) is 0.372. The van der Waals surface area contributed by atoms with Gasteiger partial charge in [0.1, 0.15) is 5.76 Å². The Labute approximate surface area is 201 Å². The molecule has 0 saturated carbocycles. The summed E-state index contributed by atoms with van der Waals surface area (Å²) in [5, 5.41) is 0.553. The number of halogens is 1. The maximum absolute atomic E-state index is 13.8. The molecule has 1 saturated heterocycles. The van der Waals surface area contributed by atoms with Gasteiger partial charge in [0.25, 0.3) is 5.91 Å². The summed E-state index contributed by atoms with van der Waals surface area (Å²) in [5.74, 6) is 0.912. The fraction of sp³-hybridized carbons (Fsp3) is 0.207. The van der Waals surface area contributed by atoms with Crippen LogP contribution in [0.4, 0.5) is 0 Å². The summed E-state index contributed by atoms with van der Waals surface area (Å²) in [4.78, 5) is 15.7. The highest BCUT2D eigenvalue weighted by atomic mass is 35.5. The van der Waals surface area contributed by atoms with E-state index < -0.39 is 0 Å². The standard InChI is InChI=1S/C29H28ClNO2/c1-2-23-17-19-33-28(23)14-9-18-31(21-22-10-5-3-6-11-22)29(32)27-20-25(30)15-16-26(27)24-12-7-4-8-13-24/h2-8,10-16,20H,9,17-19,21H2,1H3/b23-2-,28-14+. The predicted octanol–water partition coefficient (Wildman–Crippen LogP) is 7.29. The fourth-order valence-electron chi connectivity index (χ4n) is 4.10. The lowest BCUT2D eigenvalue weighted by Crippen LogP contribution is -2.31. The lowest BCUT2D eigenvalue weighted by molar-refractivity contribution is 0.0746.